The smallest absolute Gasteiger partial charge is 0.407 e. The van der Waals surface area contributed by atoms with E-state index in [9.17, 15) is 4.79 Å². The third-order valence-corrected chi connectivity index (χ3v) is 3.30. The van der Waals surface area contributed by atoms with Gasteiger partial charge < -0.3 is 19.9 Å². The van der Waals surface area contributed by atoms with Crippen molar-refractivity contribution < 1.29 is 9.53 Å². The first-order valence-corrected chi connectivity index (χ1v) is 7.17. The molecule has 2 N–H and O–H groups in total. The molecule has 1 fully saturated rings. The molecule has 0 spiro atoms. The van der Waals surface area contributed by atoms with E-state index in [0.29, 0.717) is 5.92 Å². The summed E-state index contributed by atoms with van der Waals surface area (Å²) in [5.74, 6) is 1.65. The van der Waals surface area contributed by atoms with Crippen LogP contribution in [0.5, 0.6) is 0 Å². The number of H-pyrrole nitrogens is 1. The highest BCUT2D eigenvalue weighted by Gasteiger charge is 2.30. The minimum absolute atomic E-state index is 0.163. The molecule has 1 aliphatic heterocycles. The molecule has 1 aromatic rings. The topological polar surface area (TPSA) is 57.4 Å². The highest BCUT2D eigenvalue weighted by atomic mass is 16.6. The Hall–Kier alpha value is -1.65. The van der Waals surface area contributed by atoms with Crippen molar-refractivity contribution in [2.75, 3.05) is 18.0 Å². The van der Waals surface area contributed by atoms with Crippen LogP contribution in [0.2, 0.25) is 0 Å². The van der Waals surface area contributed by atoms with E-state index in [1.54, 1.807) is 0 Å². The predicted octanol–water partition coefficient (Wildman–Crippen LogP) is 2.85. The van der Waals surface area contributed by atoms with Gasteiger partial charge in [0.05, 0.1) is 6.04 Å². The van der Waals surface area contributed by atoms with E-state index < -0.39 is 5.60 Å². The molecule has 0 radical (unpaired) electrons. The standard InChI is InChI=1S/C15H25N3O2/c1-10(2)11-6-13(16-7-11)18-8-12(9-18)17-14(19)20-15(3,4)5/h6-7,10,12,16H,8-9H2,1-5H3,(H,17,19). The van der Waals surface area contributed by atoms with Gasteiger partial charge in [0.25, 0.3) is 0 Å². The Kier molecular flexibility index (Phi) is 3.97. The lowest BCUT2D eigenvalue weighted by atomic mass is 10.1. The quantitative estimate of drug-likeness (QED) is 0.894. The van der Waals surface area contributed by atoms with Gasteiger partial charge in [-0.25, -0.2) is 4.79 Å². The van der Waals surface area contributed by atoms with Gasteiger partial charge in [0.1, 0.15) is 11.4 Å². The van der Waals surface area contributed by atoms with Crippen LogP contribution in [-0.4, -0.2) is 35.8 Å². The summed E-state index contributed by atoms with van der Waals surface area (Å²) in [5.41, 5.74) is 0.864. The summed E-state index contributed by atoms with van der Waals surface area (Å²) in [6.45, 7) is 11.6. The molecule has 2 rings (SSSR count). The highest BCUT2D eigenvalue weighted by molar-refractivity contribution is 5.68. The Morgan fingerprint density at radius 2 is 2.10 bits per heavy atom. The number of aromatic nitrogens is 1. The number of anilines is 1. The molecule has 0 saturated carbocycles. The van der Waals surface area contributed by atoms with Crippen LogP contribution in [0.4, 0.5) is 10.6 Å². The van der Waals surface area contributed by atoms with Crippen molar-refractivity contribution in [3.8, 4) is 0 Å². The molecule has 1 aromatic heterocycles. The molecule has 0 aromatic carbocycles. The first kappa shape index (κ1) is 14.8. The normalized spacial score (nSPS) is 16.2. The maximum Gasteiger partial charge on any atom is 0.407 e. The van der Waals surface area contributed by atoms with Crippen LogP contribution in [0.15, 0.2) is 12.3 Å². The molecule has 2 heterocycles. The molecular formula is C15H25N3O2. The van der Waals surface area contributed by atoms with Crippen molar-refractivity contribution in [2.45, 2.75) is 52.2 Å². The lowest BCUT2D eigenvalue weighted by Gasteiger charge is -2.40. The molecular weight excluding hydrogens is 254 g/mol. The first-order chi connectivity index (χ1) is 9.24. The van der Waals surface area contributed by atoms with Gasteiger partial charge >= 0.3 is 6.09 Å². The van der Waals surface area contributed by atoms with Crippen molar-refractivity contribution in [1.82, 2.24) is 10.3 Å². The van der Waals surface area contributed by atoms with E-state index in [1.807, 2.05) is 20.8 Å². The Morgan fingerprint density at radius 3 is 2.60 bits per heavy atom. The zero-order chi connectivity index (χ0) is 14.9. The molecule has 5 heteroatoms. The van der Waals surface area contributed by atoms with Gasteiger partial charge in [-0.1, -0.05) is 13.8 Å². The SMILES string of the molecule is CC(C)c1c[nH]c(N2CC(NC(=O)OC(C)(C)C)C2)c1. The van der Waals surface area contributed by atoms with Crippen molar-refractivity contribution in [3.05, 3.63) is 17.8 Å². The molecule has 112 valence electrons. The molecule has 1 amide bonds. The zero-order valence-electron chi connectivity index (χ0n) is 13.0. The summed E-state index contributed by atoms with van der Waals surface area (Å²) in [5, 5.41) is 2.89. The fourth-order valence-electron chi connectivity index (χ4n) is 2.16. The number of amides is 1. The van der Waals surface area contributed by atoms with Crippen LogP contribution in [0.1, 0.15) is 46.1 Å². The van der Waals surface area contributed by atoms with E-state index in [1.165, 1.54) is 5.56 Å². The lowest BCUT2D eigenvalue weighted by Crippen LogP contribution is -2.60. The van der Waals surface area contributed by atoms with Gasteiger partial charge in [-0.3, -0.25) is 0 Å². The summed E-state index contributed by atoms with van der Waals surface area (Å²) in [6.07, 6.45) is 1.71. The second kappa shape index (κ2) is 5.38. The molecule has 5 nitrogen and oxygen atoms in total. The monoisotopic (exact) mass is 279 g/mol. The predicted molar refractivity (Wildman–Crippen MR) is 80.3 cm³/mol. The molecule has 0 atom stereocenters. The molecule has 1 aliphatic rings. The minimum Gasteiger partial charge on any atom is -0.444 e. The largest absolute Gasteiger partial charge is 0.444 e. The Morgan fingerprint density at radius 1 is 1.45 bits per heavy atom. The fourth-order valence-corrected chi connectivity index (χ4v) is 2.16. The minimum atomic E-state index is -0.445. The fraction of sp³-hybridized carbons (Fsp3) is 0.667. The van der Waals surface area contributed by atoms with Crippen LogP contribution in [-0.2, 0) is 4.74 Å². The van der Waals surface area contributed by atoms with E-state index in [-0.39, 0.29) is 12.1 Å². The van der Waals surface area contributed by atoms with Crippen LogP contribution >= 0.6 is 0 Å². The summed E-state index contributed by atoms with van der Waals surface area (Å²) >= 11 is 0. The average Bonchev–Trinajstić information content (AvgIpc) is 2.68. The maximum atomic E-state index is 11.6. The van der Waals surface area contributed by atoms with E-state index in [4.69, 9.17) is 4.74 Å². The number of hydrogen-bond donors (Lipinski definition) is 2. The van der Waals surface area contributed by atoms with Gasteiger partial charge in [-0.05, 0) is 38.3 Å². The Labute approximate surface area is 120 Å². The molecule has 20 heavy (non-hydrogen) atoms. The number of nitrogens with zero attached hydrogens (tertiary/aromatic N) is 1. The number of rotatable bonds is 3. The third kappa shape index (κ3) is 3.68. The molecule has 0 unspecified atom stereocenters. The van der Waals surface area contributed by atoms with Crippen LogP contribution in [0.3, 0.4) is 0 Å². The summed E-state index contributed by atoms with van der Waals surface area (Å²) in [4.78, 5) is 17.1. The van der Waals surface area contributed by atoms with Crippen molar-refractivity contribution in [3.63, 3.8) is 0 Å². The van der Waals surface area contributed by atoms with Gasteiger partial charge in [-0.15, -0.1) is 0 Å². The summed E-state index contributed by atoms with van der Waals surface area (Å²) in [6, 6.07) is 2.34. The lowest BCUT2D eigenvalue weighted by molar-refractivity contribution is 0.0496. The number of hydrogen-bond acceptors (Lipinski definition) is 3. The number of alkyl carbamates (subject to hydrolysis) is 1. The summed E-state index contributed by atoms with van der Waals surface area (Å²) < 4.78 is 5.24. The van der Waals surface area contributed by atoms with Crippen molar-refractivity contribution >= 4 is 11.9 Å². The highest BCUT2D eigenvalue weighted by Crippen LogP contribution is 2.24. The maximum absolute atomic E-state index is 11.6. The van der Waals surface area contributed by atoms with Crippen molar-refractivity contribution in [2.24, 2.45) is 0 Å². The van der Waals surface area contributed by atoms with Gasteiger partial charge in [0, 0.05) is 19.3 Å². The number of carbonyl (C=O) groups excluding carboxylic acids is 1. The van der Waals surface area contributed by atoms with Gasteiger partial charge in [0.2, 0.25) is 0 Å². The number of aromatic amines is 1. The molecule has 0 aliphatic carbocycles. The van der Waals surface area contributed by atoms with Crippen molar-refractivity contribution in [1.29, 1.82) is 0 Å². The average molecular weight is 279 g/mol. The second-order valence-corrected chi connectivity index (χ2v) is 6.72. The second-order valence-electron chi connectivity index (χ2n) is 6.72. The Balaban J connectivity index is 1.78. The van der Waals surface area contributed by atoms with Crippen LogP contribution in [0, 0.1) is 0 Å². The third-order valence-electron chi connectivity index (χ3n) is 3.30. The van der Waals surface area contributed by atoms with Gasteiger partial charge in [0.15, 0.2) is 0 Å². The first-order valence-electron chi connectivity index (χ1n) is 7.17. The van der Waals surface area contributed by atoms with E-state index >= 15 is 0 Å². The number of nitrogens with one attached hydrogen (secondary N) is 2. The van der Waals surface area contributed by atoms with Crippen LogP contribution in [0.25, 0.3) is 0 Å². The zero-order valence-corrected chi connectivity index (χ0v) is 13.0. The van der Waals surface area contributed by atoms with Gasteiger partial charge in [-0.2, -0.15) is 0 Å². The Bertz CT molecular complexity index is 468. The van der Waals surface area contributed by atoms with E-state index in [2.05, 4.69) is 41.3 Å². The van der Waals surface area contributed by atoms with Crippen LogP contribution < -0.4 is 10.2 Å². The number of ether oxygens (including phenoxy) is 1. The van der Waals surface area contributed by atoms with E-state index in [0.717, 1.165) is 18.9 Å². The molecule has 0 bridgehead atoms. The number of carbonyl (C=O) groups is 1. The summed E-state index contributed by atoms with van der Waals surface area (Å²) in [7, 11) is 0. The molecule has 1 saturated heterocycles.